The maximum absolute atomic E-state index is 9.21. The van der Waals surface area contributed by atoms with Crippen LogP contribution in [0.1, 0.15) is 45.7 Å². The Morgan fingerprint density at radius 1 is 1.33 bits per heavy atom. The van der Waals surface area contributed by atoms with Gasteiger partial charge in [0.15, 0.2) is 0 Å². The molecule has 3 nitrogen and oxygen atoms in total. The summed E-state index contributed by atoms with van der Waals surface area (Å²) in [4.78, 5) is 6.69. The fraction of sp³-hybridized carbons (Fsp3) is 0.643. The molecule has 0 unspecified atom stereocenters. The molecule has 0 fully saturated rings. The van der Waals surface area contributed by atoms with Gasteiger partial charge in [0.1, 0.15) is 5.82 Å². The summed E-state index contributed by atoms with van der Waals surface area (Å²) in [7, 11) is 0. The minimum absolute atomic E-state index is 0.117. The fourth-order valence-electron chi connectivity index (χ4n) is 1.91. The second-order valence-corrected chi connectivity index (χ2v) is 5.16. The van der Waals surface area contributed by atoms with Crippen LogP contribution in [-0.2, 0) is 6.61 Å². The van der Waals surface area contributed by atoms with E-state index in [0.717, 1.165) is 18.8 Å². The highest BCUT2D eigenvalue weighted by atomic mass is 35.5. The van der Waals surface area contributed by atoms with Crippen LogP contribution in [0.2, 0.25) is 5.02 Å². The van der Waals surface area contributed by atoms with Crippen LogP contribution < -0.4 is 4.90 Å². The Morgan fingerprint density at radius 3 is 2.61 bits per heavy atom. The Labute approximate surface area is 115 Å². The Hall–Kier alpha value is -0.800. The van der Waals surface area contributed by atoms with E-state index in [2.05, 4.69) is 30.7 Å². The van der Waals surface area contributed by atoms with Gasteiger partial charge in [0.2, 0.25) is 0 Å². The number of pyridine rings is 1. The quantitative estimate of drug-likeness (QED) is 0.769. The van der Waals surface area contributed by atoms with Crippen molar-refractivity contribution in [3.63, 3.8) is 0 Å². The number of halogens is 1. The molecule has 0 atom stereocenters. The van der Waals surface area contributed by atoms with Gasteiger partial charge in [0, 0.05) is 12.6 Å². The smallest absolute Gasteiger partial charge is 0.129 e. The maximum atomic E-state index is 9.21. The van der Waals surface area contributed by atoms with E-state index in [9.17, 15) is 5.11 Å². The molecule has 18 heavy (non-hydrogen) atoms. The minimum atomic E-state index is -0.117. The number of hydrogen-bond acceptors (Lipinski definition) is 3. The van der Waals surface area contributed by atoms with Crippen LogP contribution in [-0.4, -0.2) is 22.7 Å². The van der Waals surface area contributed by atoms with Crippen LogP contribution in [0.25, 0.3) is 0 Å². The first kappa shape index (κ1) is 15.3. The van der Waals surface area contributed by atoms with Crippen LogP contribution in [0.5, 0.6) is 0 Å². The molecular formula is C14H23ClN2O. The lowest BCUT2D eigenvalue weighted by Crippen LogP contribution is -2.32. The number of anilines is 1. The third kappa shape index (κ3) is 4.14. The highest BCUT2D eigenvalue weighted by Crippen LogP contribution is 2.21. The van der Waals surface area contributed by atoms with Gasteiger partial charge in [-0.15, -0.1) is 0 Å². The van der Waals surface area contributed by atoms with Gasteiger partial charge < -0.3 is 10.0 Å². The molecule has 0 bridgehead atoms. The summed E-state index contributed by atoms with van der Waals surface area (Å²) in [6, 6.07) is 4.13. The Bertz CT molecular complexity index is 369. The molecule has 0 spiro atoms. The molecule has 1 aromatic heterocycles. The molecule has 0 aliphatic rings. The van der Waals surface area contributed by atoms with Gasteiger partial charge in [-0.05, 0) is 32.4 Å². The predicted molar refractivity (Wildman–Crippen MR) is 77.2 cm³/mol. The monoisotopic (exact) mass is 270 g/mol. The van der Waals surface area contributed by atoms with Gasteiger partial charge in [-0.3, -0.25) is 0 Å². The van der Waals surface area contributed by atoms with E-state index < -0.39 is 0 Å². The molecule has 0 saturated heterocycles. The van der Waals surface area contributed by atoms with Crippen molar-refractivity contribution in [3.8, 4) is 0 Å². The second-order valence-electron chi connectivity index (χ2n) is 4.75. The van der Waals surface area contributed by atoms with E-state index in [-0.39, 0.29) is 6.61 Å². The normalized spacial score (nSPS) is 11.0. The SMILES string of the molecule is CCCCCN(c1ccc(Cl)c(CO)n1)C(C)C. The summed E-state index contributed by atoms with van der Waals surface area (Å²) in [6.45, 7) is 7.38. The predicted octanol–water partition coefficient (Wildman–Crippen LogP) is 3.63. The molecule has 1 heterocycles. The minimum Gasteiger partial charge on any atom is -0.390 e. The van der Waals surface area contributed by atoms with Crippen molar-refractivity contribution in [2.75, 3.05) is 11.4 Å². The van der Waals surface area contributed by atoms with Crippen molar-refractivity contribution in [2.24, 2.45) is 0 Å². The number of aliphatic hydroxyl groups is 1. The summed E-state index contributed by atoms with van der Waals surface area (Å²) < 4.78 is 0. The number of hydrogen-bond donors (Lipinski definition) is 1. The summed E-state index contributed by atoms with van der Waals surface area (Å²) in [5.41, 5.74) is 0.551. The largest absolute Gasteiger partial charge is 0.390 e. The van der Waals surface area contributed by atoms with Crippen molar-refractivity contribution in [1.82, 2.24) is 4.98 Å². The van der Waals surface area contributed by atoms with E-state index in [0.29, 0.717) is 16.8 Å². The molecule has 0 aliphatic heterocycles. The van der Waals surface area contributed by atoms with E-state index in [1.54, 1.807) is 0 Å². The number of rotatable bonds is 7. The zero-order valence-electron chi connectivity index (χ0n) is 11.5. The molecule has 0 aliphatic carbocycles. The lowest BCUT2D eigenvalue weighted by Gasteiger charge is -2.28. The van der Waals surface area contributed by atoms with Crippen LogP contribution in [0.15, 0.2) is 12.1 Å². The highest BCUT2D eigenvalue weighted by molar-refractivity contribution is 6.31. The zero-order chi connectivity index (χ0) is 13.5. The van der Waals surface area contributed by atoms with Crippen molar-refractivity contribution in [2.45, 2.75) is 52.7 Å². The van der Waals surface area contributed by atoms with Crippen molar-refractivity contribution >= 4 is 17.4 Å². The summed E-state index contributed by atoms with van der Waals surface area (Å²) in [5.74, 6) is 0.898. The third-order valence-corrected chi connectivity index (χ3v) is 3.32. The molecule has 1 rings (SSSR count). The first-order chi connectivity index (χ1) is 8.60. The number of aliphatic hydroxyl groups excluding tert-OH is 1. The summed E-state index contributed by atoms with van der Waals surface area (Å²) in [6.07, 6.45) is 3.60. The zero-order valence-corrected chi connectivity index (χ0v) is 12.2. The van der Waals surface area contributed by atoms with Crippen LogP contribution >= 0.6 is 11.6 Å². The maximum Gasteiger partial charge on any atom is 0.129 e. The van der Waals surface area contributed by atoms with E-state index in [4.69, 9.17) is 11.6 Å². The van der Waals surface area contributed by atoms with Gasteiger partial charge >= 0.3 is 0 Å². The van der Waals surface area contributed by atoms with Gasteiger partial charge in [-0.25, -0.2) is 4.98 Å². The Kier molecular flexibility index (Phi) is 6.44. The topological polar surface area (TPSA) is 36.4 Å². The van der Waals surface area contributed by atoms with Crippen molar-refractivity contribution in [1.29, 1.82) is 0 Å². The summed E-state index contributed by atoms with van der Waals surface area (Å²) >= 11 is 5.97. The standard InChI is InChI=1S/C14H23ClN2O/c1-4-5-6-9-17(11(2)3)14-8-7-12(15)13(10-18)16-14/h7-8,11,18H,4-6,9-10H2,1-3H3. The van der Waals surface area contributed by atoms with Gasteiger partial charge in [-0.1, -0.05) is 31.4 Å². The average Bonchev–Trinajstić information content (AvgIpc) is 2.35. The number of unbranched alkanes of at least 4 members (excludes halogenated alkanes) is 2. The molecule has 0 radical (unpaired) electrons. The Morgan fingerprint density at radius 2 is 2.06 bits per heavy atom. The van der Waals surface area contributed by atoms with Gasteiger partial charge in [-0.2, -0.15) is 0 Å². The first-order valence-corrected chi connectivity index (χ1v) is 7.00. The second kappa shape index (κ2) is 7.59. The van der Waals surface area contributed by atoms with Crippen LogP contribution in [0.4, 0.5) is 5.82 Å². The molecule has 0 saturated carbocycles. The molecule has 1 N–H and O–H groups in total. The van der Waals surface area contributed by atoms with Gasteiger partial charge in [0.25, 0.3) is 0 Å². The molecular weight excluding hydrogens is 248 g/mol. The molecule has 0 aromatic carbocycles. The highest BCUT2D eigenvalue weighted by Gasteiger charge is 2.13. The average molecular weight is 271 g/mol. The summed E-state index contributed by atoms with van der Waals surface area (Å²) in [5, 5.41) is 9.74. The lowest BCUT2D eigenvalue weighted by atomic mass is 10.2. The lowest BCUT2D eigenvalue weighted by molar-refractivity contribution is 0.277. The number of nitrogens with zero attached hydrogens (tertiary/aromatic N) is 2. The third-order valence-electron chi connectivity index (χ3n) is 2.97. The Balaban J connectivity index is 2.84. The molecule has 102 valence electrons. The number of aromatic nitrogens is 1. The first-order valence-electron chi connectivity index (χ1n) is 6.63. The molecule has 1 aromatic rings. The van der Waals surface area contributed by atoms with Crippen LogP contribution in [0, 0.1) is 0 Å². The van der Waals surface area contributed by atoms with Crippen molar-refractivity contribution < 1.29 is 5.11 Å². The van der Waals surface area contributed by atoms with Gasteiger partial charge in [0.05, 0.1) is 17.3 Å². The van der Waals surface area contributed by atoms with E-state index in [1.165, 1.54) is 12.8 Å². The fourth-order valence-corrected chi connectivity index (χ4v) is 2.08. The van der Waals surface area contributed by atoms with Crippen LogP contribution in [0.3, 0.4) is 0 Å². The van der Waals surface area contributed by atoms with E-state index >= 15 is 0 Å². The molecule has 4 heteroatoms. The van der Waals surface area contributed by atoms with E-state index in [1.807, 2.05) is 12.1 Å². The van der Waals surface area contributed by atoms with Crippen molar-refractivity contribution in [3.05, 3.63) is 22.8 Å². The molecule has 0 amide bonds.